The molecule has 1 aromatic rings. The number of hydrogen-bond donors (Lipinski definition) is 2. The predicted molar refractivity (Wildman–Crippen MR) is 117 cm³/mol. The minimum Gasteiger partial charge on any atom is -0.334 e. The smallest absolute Gasteiger partial charge is 0.318 e. The van der Waals surface area contributed by atoms with Crippen molar-refractivity contribution < 1.29 is 4.79 Å². The second-order valence-corrected chi connectivity index (χ2v) is 9.97. The second kappa shape index (κ2) is 9.23. The van der Waals surface area contributed by atoms with Crippen molar-refractivity contribution in [3.63, 3.8) is 0 Å². The summed E-state index contributed by atoms with van der Waals surface area (Å²) in [4.78, 5) is 15.3. The minimum atomic E-state index is -1.03. The van der Waals surface area contributed by atoms with E-state index in [1.165, 1.54) is 25.7 Å². The molecule has 1 saturated heterocycles. The number of benzene rings is 1. The van der Waals surface area contributed by atoms with Gasteiger partial charge in [-0.25, -0.2) is 4.79 Å². The first-order valence-electron chi connectivity index (χ1n) is 10.5. The van der Waals surface area contributed by atoms with Gasteiger partial charge in [-0.2, -0.15) is 0 Å². The number of rotatable bonds is 6. The highest BCUT2D eigenvalue weighted by atomic mass is 35.5. The average molecular weight is 426 g/mol. The molecule has 2 fully saturated rings. The first-order chi connectivity index (χ1) is 13.4. The van der Waals surface area contributed by atoms with Crippen molar-refractivity contribution in [2.45, 2.75) is 67.8 Å². The molecule has 3 rings (SSSR count). The van der Waals surface area contributed by atoms with Gasteiger partial charge in [0.1, 0.15) is 4.33 Å². The molecule has 0 radical (unpaired) electrons. The molecule has 1 aliphatic carbocycles. The highest BCUT2D eigenvalue weighted by Crippen LogP contribution is 2.51. The summed E-state index contributed by atoms with van der Waals surface area (Å²) in [6, 6.07) is 9.97. The van der Waals surface area contributed by atoms with Gasteiger partial charge in [-0.15, -0.1) is 0 Å². The third-order valence-electron chi connectivity index (χ3n) is 6.58. The van der Waals surface area contributed by atoms with Crippen molar-refractivity contribution in [1.29, 1.82) is 0 Å². The van der Waals surface area contributed by atoms with Gasteiger partial charge < -0.3 is 15.5 Å². The van der Waals surface area contributed by atoms with Crippen molar-refractivity contribution >= 4 is 29.2 Å². The predicted octanol–water partition coefficient (Wildman–Crippen LogP) is 5.05. The van der Waals surface area contributed by atoms with Gasteiger partial charge in [0.05, 0.1) is 5.54 Å². The van der Waals surface area contributed by atoms with Gasteiger partial charge in [0.15, 0.2) is 0 Å². The van der Waals surface area contributed by atoms with Crippen LogP contribution in [0.1, 0.15) is 57.4 Å². The number of nitrogens with one attached hydrogen (secondary N) is 2. The molecular formula is C22H33Cl2N3O. The van der Waals surface area contributed by atoms with Crippen LogP contribution < -0.4 is 10.6 Å². The van der Waals surface area contributed by atoms with E-state index in [9.17, 15) is 4.79 Å². The third kappa shape index (κ3) is 4.44. The molecule has 1 unspecified atom stereocenters. The summed E-state index contributed by atoms with van der Waals surface area (Å²) >= 11 is 13.6. The molecule has 156 valence electrons. The van der Waals surface area contributed by atoms with Gasteiger partial charge in [-0.05, 0) is 44.7 Å². The van der Waals surface area contributed by atoms with Crippen LogP contribution in [-0.2, 0) is 5.54 Å². The molecule has 0 spiro atoms. The van der Waals surface area contributed by atoms with Crippen molar-refractivity contribution in [2.24, 2.45) is 5.92 Å². The zero-order chi connectivity index (χ0) is 20.2. The molecule has 1 aliphatic heterocycles. The number of hydrogen-bond acceptors (Lipinski definition) is 2. The molecule has 2 atom stereocenters. The first kappa shape index (κ1) is 21.7. The Balaban J connectivity index is 1.80. The maximum Gasteiger partial charge on any atom is 0.318 e. The van der Waals surface area contributed by atoms with Gasteiger partial charge in [0.25, 0.3) is 0 Å². The summed E-state index contributed by atoms with van der Waals surface area (Å²) in [6.45, 7) is 3.41. The number of halogens is 2. The van der Waals surface area contributed by atoms with E-state index in [2.05, 4.69) is 10.6 Å². The zero-order valence-electron chi connectivity index (χ0n) is 17.0. The molecule has 0 aromatic heterocycles. The fourth-order valence-corrected chi connectivity index (χ4v) is 5.59. The lowest BCUT2D eigenvalue weighted by Crippen LogP contribution is -2.63. The van der Waals surface area contributed by atoms with Gasteiger partial charge in [0, 0.05) is 19.1 Å². The molecule has 1 aromatic carbocycles. The van der Waals surface area contributed by atoms with Crippen LogP contribution in [-0.4, -0.2) is 41.4 Å². The average Bonchev–Trinajstić information content (AvgIpc) is 3.17. The van der Waals surface area contributed by atoms with Gasteiger partial charge >= 0.3 is 6.03 Å². The summed E-state index contributed by atoms with van der Waals surface area (Å²) in [5, 5.41) is 6.52. The van der Waals surface area contributed by atoms with E-state index in [0.29, 0.717) is 18.9 Å². The maximum absolute atomic E-state index is 13.4. The number of piperidine rings is 1. The minimum absolute atomic E-state index is 0.0741. The fourth-order valence-electron chi connectivity index (χ4n) is 4.90. The maximum atomic E-state index is 13.4. The van der Waals surface area contributed by atoms with Crippen molar-refractivity contribution in [1.82, 2.24) is 15.5 Å². The topological polar surface area (TPSA) is 44.4 Å². The quantitative estimate of drug-likeness (QED) is 0.626. The van der Waals surface area contributed by atoms with Crippen molar-refractivity contribution in [2.75, 3.05) is 20.1 Å². The van der Waals surface area contributed by atoms with Crippen LogP contribution in [0.5, 0.6) is 0 Å². The number of nitrogens with zero attached hydrogens (tertiary/aromatic N) is 1. The van der Waals surface area contributed by atoms with Gasteiger partial charge in [-0.3, -0.25) is 0 Å². The lowest BCUT2D eigenvalue weighted by molar-refractivity contribution is 0.0767. The Labute approximate surface area is 179 Å². The fraction of sp³-hybridized carbons (Fsp3) is 0.682. The Morgan fingerprint density at radius 2 is 1.89 bits per heavy atom. The number of carbonyl (C=O) groups excluding carboxylic acids is 1. The van der Waals surface area contributed by atoms with Crippen LogP contribution in [0.3, 0.4) is 0 Å². The number of amides is 2. The summed E-state index contributed by atoms with van der Waals surface area (Å²) in [5.74, 6) is 0.709. The van der Waals surface area contributed by atoms with E-state index < -0.39 is 9.87 Å². The zero-order valence-corrected chi connectivity index (χ0v) is 18.5. The van der Waals surface area contributed by atoms with Crippen LogP contribution in [0, 0.1) is 5.92 Å². The summed E-state index contributed by atoms with van der Waals surface area (Å²) < 4.78 is -1.03. The summed E-state index contributed by atoms with van der Waals surface area (Å²) in [7, 11) is 1.94. The van der Waals surface area contributed by atoms with E-state index in [1.54, 1.807) is 0 Å². The molecule has 1 heterocycles. The van der Waals surface area contributed by atoms with E-state index in [1.807, 2.05) is 49.2 Å². The van der Waals surface area contributed by atoms with Crippen molar-refractivity contribution in [3.8, 4) is 0 Å². The second-order valence-electron chi connectivity index (χ2n) is 8.49. The van der Waals surface area contributed by atoms with E-state index in [0.717, 1.165) is 24.9 Å². The number of alkyl halides is 2. The number of urea groups is 1. The normalized spacial score (nSPS) is 26.2. The Hall–Kier alpha value is -0.970. The molecule has 1 saturated carbocycles. The van der Waals surface area contributed by atoms with Gasteiger partial charge in [-0.1, -0.05) is 79.2 Å². The van der Waals surface area contributed by atoms with Crippen LogP contribution in [0.15, 0.2) is 30.3 Å². The molecule has 2 N–H and O–H groups in total. The monoisotopic (exact) mass is 425 g/mol. The van der Waals surface area contributed by atoms with E-state index >= 15 is 0 Å². The van der Waals surface area contributed by atoms with Crippen LogP contribution >= 0.6 is 23.2 Å². The van der Waals surface area contributed by atoms with Crippen LogP contribution in [0.25, 0.3) is 0 Å². The largest absolute Gasteiger partial charge is 0.334 e. The third-order valence-corrected chi connectivity index (χ3v) is 7.69. The summed E-state index contributed by atoms with van der Waals surface area (Å²) in [6.07, 6.45) is 7.64. The SMILES string of the molecule is CNC[C@H](CC1CCCC1)NC(=O)N1CCCC(Cl)(Cl)C1(C)c1ccccc1. The molecular weight excluding hydrogens is 393 g/mol. The summed E-state index contributed by atoms with van der Waals surface area (Å²) in [5.41, 5.74) is 0.188. The van der Waals surface area contributed by atoms with E-state index in [-0.39, 0.29) is 12.1 Å². The van der Waals surface area contributed by atoms with Crippen LogP contribution in [0.2, 0.25) is 0 Å². The number of carbonyl (C=O) groups is 1. The Morgan fingerprint density at radius 1 is 1.21 bits per heavy atom. The lowest BCUT2D eigenvalue weighted by atomic mass is 9.81. The number of likely N-dealkylation sites (tertiary alicyclic amines) is 1. The lowest BCUT2D eigenvalue weighted by Gasteiger charge is -2.52. The van der Waals surface area contributed by atoms with Crippen molar-refractivity contribution in [3.05, 3.63) is 35.9 Å². The first-order valence-corrected chi connectivity index (χ1v) is 11.3. The highest BCUT2D eigenvalue weighted by molar-refractivity contribution is 6.49. The standard InChI is InChI=1S/C22H33Cl2N3O/c1-21(18-11-4-3-5-12-18)22(23,24)13-8-14-27(21)20(28)26-19(16-25-2)15-17-9-6-7-10-17/h3-5,11-12,17,19,25H,6-10,13-16H2,1-2H3,(H,26,28)/t19-,21?/m0/s1. The molecule has 28 heavy (non-hydrogen) atoms. The Bertz CT molecular complexity index is 648. The molecule has 0 bridgehead atoms. The van der Waals surface area contributed by atoms with E-state index in [4.69, 9.17) is 23.2 Å². The Morgan fingerprint density at radius 3 is 2.54 bits per heavy atom. The number of likely N-dealkylation sites (N-methyl/N-ethyl adjacent to an activating group) is 1. The highest BCUT2D eigenvalue weighted by Gasteiger charge is 2.55. The Kier molecular flexibility index (Phi) is 7.17. The molecule has 2 amide bonds. The van der Waals surface area contributed by atoms with Crippen LogP contribution in [0.4, 0.5) is 4.79 Å². The molecule has 2 aliphatic rings. The van der Waals surface area contributed by atoms with Gasteiger partial charge in [0.2, 0.25) is 0 Å². The molecule has 4 nitrogen and oxygen atoms in total. The molecule has 6 heteroatoms.